The van der Waals surface area contributed by atoms with Crippen LogP contribution >= 0.6 is 0 Å². The van der Waals surface area contributed by atoms with E-state index in [1.54, 1.807) is 13.8 Å². The highest BCUT2D eigenvalue weighted by atomic mass is 32.2. The average Bonchev–Trinajstić information content (AvgIpc) is 2.68. The van der Waals surface area contributed by atoms with Crippen LogP contribution in [0.1, 0.15) is 33.6 Å². The lowest BCUT2D eigenvalue weighted by molar-refractivity contribution is -0.147. The molecule has 1 fully saturated rings. The molecule has 0 aliphatic heterocycles. The van der Waals surface area contributed by atoms with Gasteiger partial charge in [0.25, 0.3) is 0 Å². The van der Waals surface area contributed by atoms with Gasteiger partial charge in [-0.1, -0.05) is 13.8 Å². The Kier molecular flexibility index (Phi) is 4.38. The molecule has 1 rings (SSSR count). The van der Waals surface area contributed by atoms with Gasteiger partial charge in [-0.3, -0.25) is 4.79 Å². The number of ether oxygens (including phenoxy) is 1. The van der Waals surface area contributed by atoms with Crippen molar-refractivity contribution in [2.75, 3.05) is 12.4 Å². The van der Waals surface area contributed by atoms with E-state index >= 15 is 0 Å². The molecule has 6 heteroatoms. The zero-order valence-electron chi connectivity index (χ0n) is 11.0. The summed E-state index contributed by atoms with van der Waals surface area (Å²) in [6.07, 6.45) is 0.450. The lowest BCUT2D eigenvalue weighted by Crippen LogP contribution is -2.41. The molecule has 0 bridgehead atoms. The van der Waals surface area contributed by atoms with Crippen LogP contribution in [0.5, 0.6) is 0 Å². The van der Waals surface area contributed by atoms with Crippen molar-refractivity contribution in [1.82, 2.24) is 0 Å². The van der Waals surface area contributed by atoms with Crippen LogP contribution in [0.25, 0.3) is 0 Å². The number of hydrogen-bond donors (Lipinski definition) is 0. The highest BCUT2D eigenvalue weighted by Gasteiger charge is 2.56. The summed E-state index contributed by atoms with van der Waals surface area (Å²) in [4.78, 5) is 11.7. The van der Waals surface area contributed by atoms with E-state index in [1.807, 2.05) is 6.07 Å². The van der Waals surface area contributed by atoms with E-state index in [0.29, 0.717) is 6.42 Å². The Balaban J connectivity index is 3.06. The summed E-state index contributed by atoms with van der Waals surface area (Å²) < 4.78 is 27.7. The standard InChI is InChI=1S/C12H19NO4S/c1-4-17-11(14)10-6-9(3)12(7-10,8-13)18(15,16)5-2/h9-10H,4-7H2,1-3H3/t9-,10-,12-/m1/s1. The third kappa shape index (κ3) is 2.24. The van der Waals surface area contributed by atoms with Gasteiger partial charge in [-0.05, 0) is 25.7 Å². The summed E-state index contributed by atoms with van der Waals surface area (Å²) in [5.41, 5.74) is 0. The van der Waals surface area contributed by atoms with Gasteiger partial charge in [0.1, 0.15) is 0 Å². The van der Waals surface area contributed by atoms with Gasteiger partial charge < -0.3 is 4.74 Å². The Morgan fingerprint density at radius 1 is 1.50 bits per heavy atom. The Labute approximate surface area is 108 Å². The molecule has 102 valence electrons. The minimum atomic E-state index is -3.51. The molecule has 5 nitrogen and oxygen atoms in total. The number of rotatable bonds is 4. The van der Waals surface area contributed by atoms with E-state index in [1.165, 1.54) is 6.92 Å². The van der Waals surface area contributed by atoms with E-state index in [9.17, 15) is 18.5 Å². The fourth-order valence-corrected chi connectivity index (χ4v) is 4.44. The van der Waals surface area contributed by atoms with Crippen LogP contribution in [-0.2, 0) is 19.4 Å². The molecule has 0 unspecified atom stereocenters. The van der Waals surface area contributed by atoms with Crippen molar-refractivity contribution < 1.29 is 17.9 Å². The number of carbonyl (C=O) groups is 1. The van der Waals surface area contributed by atoms with E-state index < -0.39 is 26.5 Å². The largest absolute Gasteiger partial charge is 0.466 e. The summed E-state index contributed by atoms with van der Waals surface area (Å²) in [7, 11) is -3.51. The predicted octanol–water partition coefficient (Wildman–Crippen LogP) is 1.29. The van der Waals surface area contributed by atoms with E-state index in [4.69, 9.17) is 4.74 Å². The SMILES string of the molecule is CCOC(=O)[C@@H]1C[C@@H](C)[C@@](C#N)(S(=O)(=O)CC)C1. The number of sulfone groups is 1. The molecular formula is C12H19NO4S. The van der Waals surface area contributed by atoms with Gasteiger partial charge in [-0.25, -0.2) is 8.42 Å². The molecule has 0 aromatic rings. The van der Waals surface area contributed by atoms with Crippen molar-refractivity contribution in [3.8, 4) is 6.07 Å². The van der Waals surface area contributed by atoms with Crippen LogP contribution in [0, 0.1) is 23.2 Å². The Morgan fingerprint density at radius 3 is 2.56 bits per heavy atom. The molecule has 0 aromatic carbocycles. The second kappa shape index (κ2) is 5.27. The van der Waals surface area contributed by atoms with Crippen molar-refractivity contribution in [3.63, 3.8) is 0 Å². The van der Waals surface area contributed by atoms with Crippen LogP contribution in [-0.4, -0.2) is 31.5 Å². The Bertz CT molecular complexity index is 465. The molecule has 0 aromatic heterocycles. The van der Waals surface area contributed by atoms with Gasteiger partial charge in [-0.15, -0.1) is 0 Å². The van der Waals surface area contributed by atoms with Gasteiger partial charge in [0.15, 0.2) is 14.6 Å². The maximum absolute atomic E-state index is 12.1. The summed E-state index contributed by atoms with van der Waals surface area (Å²) >= 11 is 0. The van der Waals surface area contributed by atoms with E-state index in [-0.39, 0.29) is 24.7 Å². The van der Waals surface area contributed by atoms with Gasteiger partial charge >= 0.3 is 5.97 Å². The fourth-order valence-electron chi connectivity index (χ4n) is 2.62. The average molecular weight is 273 g/mol. The zero-order chi connectivity index (χ0) is 14.0. The molecule has 18 heavy (non-hydrogen) atoms. The second-order valence-corrected chi connectivity index (χ2v) is 7.23. The third-order valence-corrected chi connectivity index (χ3v) is 6.26. The molecule has 0 amide bonds. The normalized spacial score (nSPS) is 31.9. The first-order valence-electron chi connectivity index (χ1n) is 6.14. The predicted molar refractivity (Wildman–Crippen MR) is 66.3 cm³/mol. The zero-order valence-corrected chi connectivity index (χ0v) is 11.8. The van der Waals surface area contributed by atoms with Gasteiger partial charge in [-0.2, -0.15) is 5.26 Å². The van der Waals surface area contributed by atoms with Crippen molar-refractivity contribution in [2.45, 2.75) is 38.4 Å². The topological polar surface area (TPSA) is 84.2 Å². The molecular weight excluding hydrogens is 254 g/mol. The minimum absolute atomic E-state index is 0.0552. The lowest BCUT2D eigenvalue weighted by Gasteiger charge is -2.24. The third-order valence-electron chi connectivity index (χ3n) is 3.73. The molecule has 1 saturated carbocycles. The quantitative estimate of drug-likeness (QED) is 0.721. The molecule has 0 spiro atoms. The van der Waals surface area contributed by atoms with Crippen LogP contribution in [0.3, 0.4) is 0 Å². The number of esters is 1. The summed E-state index contributed by atoms with van der Waals surface area (Å²) in [5.74, 6) is -1.31. The smallest absolute Gasteiger partial charge is 0.309 e. The monoisotopic (exact) mass is 273 g/mol. The fraction of sp³-hybridized carbons (Fsp3) is 0.833. The maximum atomic E-state index is 12.1. The number of nitrogens with zero attached hydrogens (tertiary/aromatic N) is 1. The molecule has 0 saturated heterocycles. The number of carbonyl (C=O) groups excluding carboxylic acids is 1. The van der Waals surface area contributed by atoms with E-state index in [0.717, 1.165) is 0 Å². The van der Waals surface area contributed by atoms with Gasteiger partial charge in [0, 0.05) is 5.75 Å². The first-order valence-corrected chi connectivity index (χ1v) is 7.80. The maximum Gasteiger partial charge on any atom is 0.309 e. The van der Waals surface area contributed by atoms with Crippen LogP contribution in [0.4, 0.5) is 0 Å². The highest BCUT2D eigenvalue weighted by molar-refractivity contribution is 7.93. The lowest BCUT2D eigenvalue weighted by atomic mass is 9.99. The molecule has 0 heterocycles. The van der Waals surface area contributed by atoms with Crippen LogP contribution in [0.2, 0.25) is 0 Å². The molecule has 0 N–H and O–H groups in total. The minimum Gasteiger partial charge on any atom is -0.466 e. The molecule has 0 radical (unpaired) electrons. The van der Waals surface area contributed by atoms with Crippen LogP contribution in [0.15, 0.2) is 0 Å². The first-order chi connectivity index (χ1) is 8.34. The summed E-state index contributed by atoms with van der Waals surface area (Å²) in [6, 6.07) is 1.95. The summed E-state index contributed by atoms with van der Waals surface area (Å²) in [5, 5.41) is 9.30. The van der Waals surface area contributed by atoms with Crippen LogP contribution < -0.4 is 0 Å². The van der Waals surface area contributed by atoms with Gasteiger partial charge in [0.05, 0.1) is 18.6 Å². The Morgan fingerprint density at radius 2 is 2.11 bits per heavy atom. The summed E-state index contributed by atoms with van der Waals surface area (Å²) in [6.45, 7) is 5.22. The van der Waals surface area contributed by atoms with E-state index in [2.05, 4.69) is 0 Å². The second-order valence-electron chi connectivity index (χ2n) is 4.69. The van der Waals surface area contributed by atoms with Gasteiger partial charge in [0.2, 0.25) is 0 Å². The molecule has 3 atom stereocenters. The molecule has 1 aliphatic carbocycles. The number of nitriles is 1. The Hall–Kier alpha value is -1.09. The highest BCUT2D eigenvalue weighted by Crippen LogP contribution is 2.45. The van der Waals surface area contributed by atoms with Crippen molar-refractivity contribution in [1.29, 1.82) is 5.26 Å². The van der Waals surface area contributed by atoms with Crippen molar-refractivity contribution in [2.24, 2.45) is 11.8 Å². The van der Waals surface area contributed by atoms with Crippen molar-refractivity contribution in [3.05, 3.63) is 0 Å². The number of hydrogen-bond acceptors (Lipinski definition) is 5. The first kappa shape index (κ1) is 15.0. The van der Waals surface area contributed by atoms with Crippen molar-refractivity contribution >= 4 is 15.8 Å². The molecule has 1 aliphatic rings.